The van der Waals surface area contributed by atoms with E-state index in [1.54, 1.807) is 0 Å². The van der Waals surface area contributed by atoms with Gasteiger partial charge >= 0.3 is 0 Å². The van der Waals surface area contributed by atoms with Gasteiger partial charge in [0, 0.05) is 25.2 Å². The molecule has 0 amide bonds. The van der Waals surface area contributed by atoms with Crippen LogP contribution in [0.2, 0.25) is 0 Å². The van der Waals surface area contributed by atoms with Crippen LogP contribution in [0.25, 0.3) is 0 Å². The molecule has 17 heavy (non-hydrogen) atoms. The molecule has 0 aliphatic carbocycles. The summed E-state index contributed by atoms with van der Waals surface area (Å²) >= 11 is 0. The van der Waals surface area contributed by atoms with Gasteiger partial charge < -0.3 is 15.0 Å². The summed E-state index contributed by atoms with van der Waals surface area (Å²) in [7, 11) is 0. The van der Waals surface area contributed by atoms with Crippen LogP contribution in [0.1, 0.15) is 39.5 Å². The molecule has 0 saturated carbocycles. The SMILES string of the molecule is CC(C)CN1CCC(NC2CCCOC2)CC1. The van der Waals surface area contributed by atoms with E-state index in [0.717, 1.165) is 25.2 Å². The summed E-state index contributed by atoms with van der Waals surface area (Å²) in [6, 6.07) is 1.34. The Balaban J connectivity index is 1.64. The lowest BCUT2D eigenvalue weighted by molar-refractivity contribution is 0.0608. The lowest BCUT2D eigenvalue weighted by Crippen LogP contribution is -2.49. The van der Waals surface area contributed by atoms with Crippen molar-refractivity contribution in [2.75, 3.05) is 32.8 Å². The summed E-state index contributed by atoms with van der Waals surface area (Å²) in [4.78, 5) is 2.61. The number of hydrogen-bond acceptors (Lipinski definition) is 3. The molecule has 0 aromatic rings. The van der Waals surface area contributed by atoms with Crippen molar-refractivity contribution in [3.63, 3.8) is 0 Å². The van der Waals surface area contributed by atoms with Crippen LogP contribution in [0, 0.1) is 5.92 Å². The summed E-state index contributed by atoms with van der Waals surface area (Å²) < 4.78 is 5.52. The van der Waals surface area contributed by atoms with E-state index in [4.69, 9.17) is 4.74 Å². The second kappa shape index (κ2) is 6.72. The minimum Gasteiger partial charge on any atom is -0.380 e. The Morgan fingerprint density at radius 1 is 1.18 bits per heavy atom. The second-order valence-electron chi connectivity index (χ2n) is 6.05. The highest BCUT2D eigenvalue weighted by molar-refractivity contribution is 4.81. The monoisotopic (exact) mass is 240 g/mol. The first-order valence-corrected chi connectivity index (χ1v) is 7.30. The van der Waals surface area contributed by atoms with Gasteiger partial charge in [-0.15, -0.1) is 0 Å². The summed E-state index contributed by atoms with van der Waals surface area (Å²) in [5.41, 5.74) is 0. The van der Waals surface area contributed by atoms with E-state index < -0.39 is 0 Å². The van der Waals surface area contributed by atoms with E-state index >= 15 is 0 Å². The van der Waals surface area contributed by atoms with Gasteiger partial charge in [-0.1, -0.05) is 13.8 Å². The third-order valence-corrected chi connectivity index (χ3v) is 3.84. The van der Waals surface area contributed by atoms with Crippen molar-refractivity contribution in [3.05, 3.63) is 0 Å². The largest absolute Gasteiger partial charge is 0.380 e. The fourth-order valence-electron chi connectivity index (χ4n) is 3.00. The average Bonchev–Trinajstić information content (AvgIpc) is 2.32. The summed E-state index contributed by atoms with van der Waals surface area (Å²) in [6.07, 6.45) is 5.14. The van der Waals surface area contributed by atoms with Crippen LogP contribution >= 0.6 is 0 Å². The lowest BCUT2D eigenvalue weighted by Gasteiger charge is -2.36. The number of hydrogen-bond donors (Lipinski definition) is 1. The maximum absolute atomic E-state index is 5.52. The summed E-state index contributed by atoms with van der Waals surface area (Å²) in [5.74, 6) is 0.797. The normalized spacial score (nSPS) is 28.8. The molecule has 0 aromatic heterocycles. The van der Waals surface area contributed by atoms with Crippen molar-refractivity contribution in [1.82, 2.24) is 10.2 Å². The van der Waals surface area contributed by atoms with E-state index in [0.29, 0.717) is 6.04 Å². The fraction of sp³-hybridized carbons (Fsp3) is 1.00. The molecule has 2 heterocycles. The fourth-order valence-corrected chi connectivity index (χ4v) is 3.00. The first kappa shape index (κ1) is 13.3. The standard InChI is InChI=1S/C14H28N2O/c1-12(2)10-16-7-5-13(6-8-16)15-14-4-3-9-17-11-14/h12-15H,3-11H2,1-2H3. The number of nitrogens with one attached hydrogen (secondary N) is 1. The van der Waals surface area contributed by atoms with Crippen LogP contribution in [0.5, 0.6) is 0 Å². The van der Waals surface area contributed by atoms with E-state index in [9.17, 15) is 0 Å². The van der Waals surface area contributed by atoms with Crippen LogP contribution in [0.15, 0.2) is 0 Å². The van der Waals surface area contributed by atoms with Crippen molar-refractivity contribution in [2.24, 2.45) is 5.92 Å². The predicted octanol–water partition coefficient (Wildman–Crippen LogP) is 1.88. The maximum atomic E-state index is 5.52. The number of ether oxygens (including phenoxy) is 1. The number of piperidine rings is 1. The minimum atomic E-state index is 0.616. The molecule has 1 N–H and O–H groups in total. The van der Waals surface area contributed by atoms with Gasteiger partial charge in [-0.25, -0.2) is 0 Å². The minimum absolute atomic E-state index is 0.616. The molecule has 0 bridgehead atoms. The van der Waals surface area contributed by atoms with Crippen molar-refractivity contribution in [1.29, 1.82) is 0 Å². The quantitative estimate of drug-likeness (QED) is 0.812. The molecule has 0 radical (unpaired) electrons. The Kier molecular flexibility index (Phi) is 5.26. The zero-order valence-corrected chi connectivity index (χ0v) is 11.5. The molecule has 2 rings (SSSR count). The molecule has 3 heteroatoms. The summed E-state index contributed by atoms with van der Waals surface area (Å²) in [6.45, 7) is 10.3. The zero-order chi connectivity index (χ0) is 12.1. The topological polar surface area (TPSA) is 24.5 Å². The van der Waals surface area contributed by atoms with Gasteiger partial charge in [0.1, 0.15) is 0 Å². The first-order chi connectivity index (χ1) is 8.24. The highest BCUT2D eigenvalue weighted by Crippen LogP contribution is 2.15. The van der Waals surface area contributed by atoms with Gasteiger partial charge in [0.2, 0.25) is 0 Å². The highest BCUT2D eigenvalue weighted by atomic mass is 16.5. The third kappa shape index (κ3) is 4.57. The molecule has 1 unspecified atom stereocenters. The Hall–Kier alpha value is -0.120. The van der Waals surface area contributed by atoms with Gasteiger partial charge in [0.25, 0.3) is 0 Å². The lowest BCUT2D eigenvalue weighted by atomic mass is 10.0. The van der Waals surface area contributed by atoms with Crippen LogP contribution in [0.3, 0.4) is 0 Å². The van der Waals surface area contributed by atoms with Gasteiger partial charge in [0.05, 0.1) is 6.61 Å². The zero-order valence-electron chi connectivity index (χ0n) is 11.5. The van der Waals surface area contributed by atoms with Gasteiger partial charge in [-0.3, -0.25) is 0 Å². The van der Waals surface area contributed by atoms with E-state index in [-0.39, 0.29) is 0 Å². The molecule has 1 atom stereocenters. The average molecular weight is 240 g/mol. The number of rotatable bonds is 4. The van der Waals surface area contributed by atoms with E-state index in [1.807, 2.05) is 0 Å². The molecule has 0 aromatic carbocycles. The van der Waals surface area contributed by atoms with Crippen molar-refractivity contribution in [2.45, 2.75) is 51.6 Å². The van der Waals surface area contributed by atoms with E-state index in [2.05, 4.69) is 24.1 Å². The Bertz CT molecular complexity index is 206. The molecular weight excluding hydrogens is 212 g/mol. The Morgan fingerprint density at radius 3 is 2.53 bits per heavy atom. The number of likely N-dealkylation sites (tertiary alicyclic amines) is 1. The van der Waals surface area contributed by atoms with Crippen molar-refractivity contribution >= 4 is 0 Å². The summed E-state index contributed by atoms with van der Waals surface area (Å²) in [5, 5.41) is 3.78. The van der Waals surface area contributed by atoms with Crippen LogP contribution in [-0.2, 0) is 4.74 Å². The number of nitrogens with zero attached hydrogens (tertiary/aromatic N) is 1. The Morgan fingerprint density at radius 2 is 1.94 bits per heavy atom. The van der Waals surface area contributed by atoms with Gasteiger partial charge in [-0.2, -0.15) is 0 Å². The molecule has 2 aliphatic rings. The molecular formula is C14H28N2O. The molecule has 100 valence electrons. The van der Waals surface area contributed by atoms with Crippen molar-refractivity contribution < 1.29 is 4.74 Å². The van der Waals surface area contributed by atoms with Crippen LogP contribution < -0.4 is 5.32 Å². The second-order valence-corrected chi connectivity index (χ2v) is 6.05. The maximum Gasteiger partial charge on any atom is 0.0619 e. The molecule has 0 spiro atoms. The first-order valence-electron chi connectivity index (χ1n) is 7.30. The third-order valence-electron chi connectivity index (χ3n) is 3.84. The molecule has 3 nitrogen and oxygen atoms in total. The van der Waals surface area contributed by atoms with Gasteiger partial charge in [-0.05, 0) is 44.7 Å². The van der Waals surface area contributed by atoms with E-state index in [1.165, 1.54) is 45.3 Å². The highest BCUT2D eigenvalue weighted by Gasteiger charge is 2.23. The van der Waals surface area contributed by atoms with Crippen molar-refractivity contribution in [3.8, 4) is 0 Å². The molecule has 2 fully saturated rings. The smallest absolute Gasteiger partial charge is 0.0619 e. The predicted molar refractivity (Wildman–Crippen MR) is 71.3 cm³/mol. The van der Waals surface area contributed by atoms with Crippen LogP contribution in [0.4, 0.5) is 0 Å². The molecule has 2 aliphatic heterocycles. The molecule has 2 saturated heterocycles. The Labute approximate surface area is 106 Å². The van der Waals surface area contributed by atoms with Gasteiger partial charge in [0.15, 0.2) is 0 Å². The van der Waals surface area contributed by atoms with Crippen LogP contribution in [-0.4, -0.2) is 49.8 Å².